The Morgan fingerprint density at radius 1 is 0.519 bits per heavy atom. The Morgan fingerprint density at radius 3 is 1.29 bits per heavy atom. The van der Waals surface area contributed by atoms with Crippen molar-refractivity contribution in [2.45, 2.75) is 39.8 Å². The van der Waals surface area contributed by atoms with Gasteiger partial charge in [-0.3, -0.25) is 0 Å². The van der Waals surface area contributed by atoms with Crippen molar-refractivity contribution in [1.82, 2.24) is 9.13 Å². The Labute approximate surface area is 341 Å². The van der Waals surface area contributed by atoms with Crippen LogP contribution in [0, 0.1) is 26.0 Å². The molecule has 8 aromatic rings. The number of hydrogen-bond acceptors (Lipinski definition) is 0. The van der Waals surface area contributed by atoms with E-state index in [1.54, 1.807) is 0 Å². The summed E-state index contributed by atoms with van der Waals surface area (Å²) in [5.41, 5.74) is 18.5. The average Bonchev–Trinajstić information content (AvgIpc) is 3.86. The van der Waals surface area contributed by atoms with Crippen LogP contribution < -0.4 is 0 Å². The van der Waals surface area contributed by atoms with Gasteiger partial charge in [-0.1, -0.05) is 72.8 Å². The van der Waals surface area contributed by atoms with Gasteiger partial charge in [0.25, 0.3) is 0 Å². The van der Waals surface area contributed by atoms with Crippen LogP contribution in [0.15, 0.2) is 133 Å². The molecule has 256 valence electrons. The molecule has 2 radical (unpaired) electrons. The summed E-state index contributed by atoms with van der Waals surface area (Å²) in [5, 5.41) is 2.74. The summed E-state index contributed by atoms with van der Waals surface area (Å²) in [6.07, 6.45) is 1.95. The van der Waals surface area contributed by atoms with Crippen molar-refractivity contribution in [1.29, 1.82) is 0 Å². The number of para-hydroxylation sites is 2. The largest absolute Gasteiger partial charge is 2.00 e. The summed E-state index contributed by atoms with van der Waals surface area (Å²) < 4.78 is 4.81. The Bertz CT molecular complexity index is 2290. The van der Waals surface area contributed by atoms with Crippen LogP contribution in [0.4, 0.5) is 0 Å². The van der Waals surface area contributed by atoms with Crippen molar-refractivity contribution in [3.05, 3.63) is 179 Å². The van der Waals surface area contributed by atoms with Crippen LogP contribution >= 0.6 is 24.8 Å². The summed E-state index contributed by atoms with van der Waals surface area (Å²) in [5.74, 6) is 0. The first-order valence-corrected chi connectivity index (χ1v) is 19.0. The molecule has 6 heteroatoms. The SMILES string of the molecule is C[Si]C.Cc1ccc2c(c1)c1c(n2-c2ccccc2)-c2ccc[c-]c2C1.Cc1ccc2c(c1)c1c(n2-c2ccccc2)-c2ccc[c-]c2C1.Cl.Cl.[Zr+2]. The molecule has 0 N–H and O–H groups in total. The Hall–Kier alpha value is -3.92. The second-order valence-electron chi connectivity index (χ2n) is 13.0. The van der Waals surface area contributed by atoms with Crippen LogP contribution in [-0.2, 0) is 39.0 Å². The number of nitrogens with zero attached hydrogens (tertiary/aromatic N) is 2. The first-order valence-electron chi connectivity index (χ1n) is 17.0. The molecule has 0 unspecified atom stereocenters. The van der Waals surface area contributed by atoms with Crippen molar-refractivity contribution >= 4 is 56.1 Å². The minimum Gasteiger partial charge on any atom is -0.321 e. The Kier molecular flexibility index (Phi) is 12.7. The van der Waals surface area contributed by atoms with E-state index < -0.39 is 0 Å². The van der Waals surface area contributed by atoms with Crippen LogP contribution in [0.1, 0.15) is 33.4 Å². The number of aryl methyl sites for hydroxylation is 2. The standard InChI is InChI=1S/2C22H16N.C2H6Si.2ClH.Zr/c2*1-15-11-12-21-19(13-15)20-14-16-7-5-6-10-18(16)22(20)23(21)17-8-3-2-4-9-17;1-3-2;;;/h2*2-6,8-13H,14H2,1H3;1-2H3;2*1H;/q2*-1;;;;+2. The van der Waals surface area contributed by atoms with Crippen molar-refractivity contribution in [2.24, 2.45) is 0 Å². The van der Waals surface area contributed by atoms with E-state index in [0.717, 1.165) is 22.4 Å². The second kappa shape index (κ2) is 16.8. The summed E-state index contributed by atoms with van der Waals surface area (Å²) >= 11 is 0. The van der Waals surface area contributed by atoms with Gasteiger partial charge in [-0.05, 0) is 86.3 Å². The molecular weight excluding hydrogens is 771 g/mol. The topological polar surface area (TPSA) is 9.86 Å². The van der Waals surface area contributed by atoms with Crippen molar-refractivity contribution in [2.75, 3.05) is 0 Å². The monoisotopic (exact) mass is 808 g/mol. The number of benzene rings is 6. The first-order chi connectivity index (χ1) is 24.1. The molecule has 10 rings (SSSR count). The third kappa shape index (κ3) is 6.95. The molecular formula is C46H40Cl2N2SiZr. The molecule has 0 saturated heterocycles. The van der Waals surface area contributed by atoms with Gasteiger partial charge in [-0.25, -0.2) is 0 Å². The zero-order chi connectivity index (χ0) is 33.5. The summed E-state index contributed by atoms with van der Waals surface area (Å²) in [7, 11) is 1.08. The van der Waals surface area contributed by atoms with Crippen LogP contribution in [0.2, 0.25) is 13.1 Å². The van der Waals surface area contributed by atoms with E-state index in [-0.39, 0.29) is 51.0 Å². The molecule has 2 aliphatic rings. The third-order valence-electron chi connectivity index (χ3n) is 9.58. The first kappa shape index (κ1) is 39.3. The van der Waals surface area contributed by atoms with Crippen molar-refractivity contribution in [3.8, 4) is 33.9 Å². The minimum atomic E-state index is 0. The van der Waals surface area contributed by atoms with E-state index in [0.29, 0.717) is 0 Å². The fourth-order valence-corrected chi connectivity index (χ4v) is 7.59. The Balaban J connectivity index is 0.000000178. The van der Waals surface area contributed by atoms with Crippen LogP contribution in [0.5, 0.6) is 0 Å². The molecule has 52 heavy (non-hydrogen) atoms. The zero-order valence-electron chi connectivity index (χ0n) is 29.8. The molecule has 6 aromatic carbocycles. The molecule has 2 aliphatic carbocycles. The maximum Gasteiger partial charge on any atom is 2.00 e. The summed E-state index contributed by atoms with van der Waals surface area (Å²) in [6.45, 7) is 8.64. The predicted molar refractivity (Wildman–Crippen MR) is 222 cm³/mol. The number of fused-ring (bicyclic) bond motifs is 10. The van der Waals surface area contributed by atoms with Crippen LogP contribution in [-0.4, -0.2) is 18.7 Å². The van der Waals surface area contributed by atoms with Crippen LogP contribution in [0.3, 0.4) is 0 Å². The fraction of sp³-hybridized carbons (Fsp3) is 0.130. The van der Waals surface area contributed by atoms with Gasteiger partial charge in [0, 0.05) is 43.1 Å². The summed E-state index contributed by atoms with van der Waals surface area (Å²) in [6, 6.07) is 54.4. The molecule has 0 saturated carbocycles. The number of halogens is 2. The van der Waals surface area contributed by atoms with Gasteiger partial charge >= 0.3 is 26.2 Å². The van der Waals surface area contributed by atoms with E-state index >= 15 is 0 Å². The van der Waals surface area contributed by atoms with Gasteiger partial charge < -0.3 is 9.13 Å². The summed E-state index contributed by atoms with van der Waals surface area (Å²) in [4.78, 5) is 0. The quantitative estimate of drug-likeness (QED) is 0.122. The van der Waals surface area contributed by atoms with E-state index in [2.05, 4.69) is 170 Å². The molecule has 0 bridgehead atoms. The molecule has 0 aliphatic heterocycles. The van der Waals surface area contributed by atoms with Gasteiger partial charge in [-0.2, -0.15) is 48.5 Å². The third-order valence-corrected chi connectivity index (χ3v) is 9.58. The molecule has 2 nitrogen and oxygen atoms in total. The van der Waals surface area contributed by atoms with E-state index in [1.165, 1.54) is 89.1 Å². The number of hydrogen-bond donors (Lipinski definition) is 0. The fourth-order valence-electron chi connectivity index (χ4n) is 7.59. The normalized spacial score (nSPS) is 11.3. The smallest absolute Gasteiger partial charge is 0.321 e. The molecule has 0 atom stereocenters. The molecule has 0 spiro atoms. The van der Waals surface area contributed by atoms with E-state index in [1.807, 2.05) is 12.1 Å². The minimum absolute atomic E-state index is 0. The molecule has 0 amide bonds. The van der Waals surface area contributed by atoms with E-state index in [9.17, 15) is 0 Å². The second-order valence-corrected chi connectivity index (χ2v) is 14.0. The molecule has 0 fully saturated rings. The van der Waals surface area contributed by atoms with Gasteiger partial charge in [0.15, 0.2) is 0 Å². The maximum absolute atomic E-state index is 3.43. The molecule has 2 aromatic heterocycles. The number of aromatic nitrogens is 2. The average molecular weight is 811 g/mol. The maximum atomic E-state index is 3.43. The van der Waals surface area contributed by atoms with Gasteiger partial charge in [0.05, 0.1) is 11.0 Å². The van der Waals surface area contributed by atoms with Gasteiger partial charge in [0.1, 0.15) is 0 Å². The molecule has 2 heterocycles. The number of rotatable bonds is 2. The zero-order valence-corrected chi connectivity index (χ0v) is 34.9. The van der Waals surface area contributed by atoms with Crippen molar-refractivity contribution < 1.29 is 26.2 Å². The predicted octanol–water partition coefficient (Wildman–Crippen LogP) is 12.2. The van der Waals surface area contributed by atoms with Crippen molar-refractivity contribution in [3.63, 3.8) is 0 Å². The van der Waals surface area contributed by atoms with Crippen LogP contribution in [0.25, 0.3) is 55.7 Å². The van der Waals surface area contributed by atoms with Gasteiger partial charge in [0.2, 0.25) is 0 Å². The van der Waals surface area contributed by atoms with E-state index in [4.69, 9.17) is 0 Å². The Morgan fingerprint density at radius 2 is 0.904 bits per heavy atom. The van der Waals surface area contributed by atoms with Gasteiger partial charge in [-0.15, -0.1) is 47.1 Å².